The number of amides is 2. The molecule has 222 valence electrons. The smallest absolute Gasteiger partial charge is 0.246 e. The molecule has 3 fully saturated rings. The first-order valence-electron chi connectivity index (χ1n) is 16.3. The van der Waals surface area contributed by atoms with Crippen LogP contribution in [0, 0.1) is 40.4 Å². The standard InChI is InChI=1S/C37H47N3O2/c1-24(37(38-23-41)21-25-7-5-9-27(19-25)39-28-10-6-8-26(20-28)22-37)30-12-13-31-29-11-14-33-36(3,18-16-34(42)40(33)4)32(29)15-17-35(30,31)2/h5-10,16,18-20,23-24,29-33,39H,11-15,17,21-22H2,1-4H3,(H,38,41)/t24?,29-,30+,31-,32-,33+,35+,36+/m0/s1. The molecule has 5 nitrogen and oxygen atoms in total. The third-order valence-electron chi connectivity index (χ3n) is 13.2. The van der Waals surface area contributed by atoms with Gasteiger partial charge in [-0.1, -0.05) is 51.1 Å². The van der Waals surface area contributed by atoms with E-state index < -0.39 is 0 Å². The summed E-state index contributed by atoms with van der Waals surface area (Å²) >= 11 is 0. The minimum atomic E-state index is -0.366. The Morgan fingerprint density at radius 1 is 0.952 bits per heavy atom. The molecule has 2 aliphatic heterocycles. The van der Waals surface area contributed by atoms with Crippen LogP contribution in [0.25, 0.3) is 0 Å². The normalized spacial score (nSPS) is 37.0. The maximum atomic E-state index is 12.5. The van der Waals surface area contributed by atoms with Crippen molar-refractivity contribution in [3.05, 3.63) is 71.8 Å². The molecule has 2 aromatic rings. The number of hydrogen-bond donors (Lipinski definition) is 2. The van der Waals surface area contributed by atoms with Gasteiger partial charge in [0, 0.05) is 29.9 Å². The Bertz CT molecular complexity index is 1370. The van der Waals surface area contributed by atoms with E-state index in [1.54, 1.807) is 0 Å². The molecule has 7 rings (SSSR count). The highest BCUT2D eigenvalue weighted by Gasteiger charge is 2.62. The van der Waals surface area contributed by atoms with Gasteiger partial charge in [-0.05, 0) is 128 Å². The summed E-state index contributed by atoms with van der Waals surface area (Å²) in [6.45, 7) is 7.48. The van der Waals surface area contributed by atoms with Gasteiger partial charge < -0.3 is 15.5 Å². The fourth-order valence-electron chi connectivity index (χ4n) is 11.1. The number of nitrogens with zero attached hydrogens (tertiary/aromatic N) is 1. The molecule has 3 aliphatic carbocycles. The van der Waals surface area contributed by atoms with Gasteiger partial charge in [0.15, 0.2) is 0 Å². The van der Waals surface area contributed by atoms with Crippen molar-refractivity contribution in [3.8, 4) is 0 Å². The first kappa shape index (κ1) is 27.7. The van der Waals surface area contributed by atoms with E-state index in [2.05, 4.69) is 86.0 Å². The van der Waals surface area contributed by atoms with Crippen molar-refractivity contribution in [2.75, 3.05) is 12.4 Å². The molecule has 1 unspecified atom stereocenters. The van der Waals surface area contributed by atoms with Crippen molar-refractivity contribution in [2.45, 2.75) is 83.7 Å². The van der Waals surface area contributed by atoms with E-state index in [-0.39, 0.29) is 22.3 Å². The second-order valence-electron chi connectivity index (χ2n) is 14.9. The van der Waals surface area contributed by atoms with Crippen LogP contribution in [0.3, 0.4) is 0 Å². The summed E-state index contributed by atoms with van der Waals surface area (Å²) in [5.74, 6) is 3.05. The van der Waals surface area contributed by atoms with Crippen LogP contribution in [-0.2, 0) is 22.4 Å². The Labute approximate surface area is 251 Å². The summed E-state index contributed by atoms with van der Waals surface area (Å²) in [4.78, 5) is 27.0. The first-order chi connectivity index (χ1) is 20.2. The van der Waals surface area contributed by atoms with E-state index >= 15 is 0 Å². The minimum absolute atomic E-state index is 0.0667. The van der Waals surface area contributed by atoms with Gasteiger partial charge in [-0.3, -0.25) is 9.59 Å². The first-order valence-corrected chi connectivity index (χ1v) is 16.3. The second kappa shape index (κ2) is 9.99. The molecule has 2 amide bonds. The predicted molar refractivity (Wildman–Crippen MR) is 168 cm³/mol. The van der Waals surface area contributed by atoms with Gasteiger partial charge in [0.1, 0.15) is 0 Å². The Hall–Kier alpha value is -3.08. The molecule has 0 radical (unpaired) electrons. The fraction of sp³-hybridized carbons (Fsp3) is 0.568. The zero-order valence-electron chi connectivity index (χ0n) is 25.7. The lowest BCUT2D eigenvalue weighted by atomic mass is 9.46. The monoisotopic (exact) mass is 565 g/mol. The molecule has 2 aromatic carbocycles. The number of likely N-dealkylation sites (N-methyl/N-ethyl adjacent to an activating group) is 1. The minimum Gasteiger partial charge on any atom is -0.356 e. The maximum Gasteiger partial charge on any atom is 0.246 e. The number of benzene rings is 2. The summed E-state index contributed by atoms with van der Waals surface area (Å²) < 4.78 is 0. The Kier molecular flexibility index (Phi) is 6.60. The summed E-state index contributed by atoms with van der Waals surface area (Å²) in [5, 5.41) is 7.06. The number of rotatable bonds is 4. The third-order valence-corrected chi connectivity index (χ3v) is 13.2. The molecule has 3 saturated carbocycles. The molecule has 4 bridgehead atoms. The Balaban J connectivity index is 1.23. The number of anilines is 2. The lowest BCUT2D eigenvalue weighted by Gasteiger charge is -2.61. The van der Waals surface area contributed by atoms with Gasteiger partial charge in [-0.25, -0.2) is 0 Å². The van der Waals surface area contributed by atoms with Crippen molar-refractivity contribution in [2.24, 2.45) is 40.4 Å². The van der Waals surface area contributed by atoms with Crippen LogP contribution < -0.4 is 10.6 Å². The van der Waals surface area contributed by atoms with Crippen LogP contribution >= 0.6 is 0 Å². The van der Waals surface area contributed by atoms with E-state index in [0.717, 1.165) is 37.0 Å². The van der Waals surface area contributed by atoms with Crippen molar-refractivity contribution >= 4 is 23.7 Å². The van der Waals surface area contributed by atoms with E-state index in [1.165, 1.54) is 43.2 Å². The highest BCUT2D eigenvalue weighted by atomic mass is 16.2. The van der Waals surface area contributed by atoms with Crippen molar-refractivity contribution < 1.29 is 9.59 Å². The van der Waals surface area contributed by atoms with Crippen molar-refractivity contribution in [3.63, 3.8) is 0 Å². The van der Waals surface area contributed by atoms with Crippen LogP contribution in [-0.4, -0.2) is 35.8 Å². The van der Waals surface area contributed by atoms with Crippen LogP contribution in [0.2, 0.25) is 0 Å². The van der Waals surface area contributed by atoms with E-state index in [0.29, 0.717) is 35.6 Å². The van der Waals surface area contributed by atoms with Crippen LogP contribution in [0.5, 0.6) is 0 Å². The topological polar surface area (TPSA) is 61.4 Å². The highest BCUT2D eigenvalue weighted by molar-refractivity contribution is 5.89. The zero-order valence-corrected chi connectivity index (χ0v) is 25.7. The molecule has 5 aliphatic rings. The zero-order chi connectivity index (χ0) is 29.3. The summed E-state index contributed by atoms with van der Waals surface area (Å²) in [6, 6.07) is 17.8. The van der Waals surface area contributed by atoms with Gasteiger partial charge in [-0.15, -0.1) is 0 Å². The molecule has 5 heteroatoms. The second-order valence-corrected chi connectivity index (χ2v) is 14.9. The average Bonchev–Trinajstić information content (AvgIpc) is 3.32. The Morgan fingerprint density at radius 3 is 2.31 bits per heavy atom. The molecule has 8 atom stereocenters. The molecule has 2 N–H and O–H groups in total. The molecule has 0 spiro atoms. The molecular formula is C37H47N3O2. The largest absolute Gasteiger partial charge is 0.356 e. The number of carbonyl (C=O) groups is 2. The highest BCUT2D eigenvalue weighted by Crippen LogP contribution is 2.67. The lowest BCUT2D eigenvalue weighted by molar-refractivity contribution is -0.139. The van der Waals surface area contributed by atoms with Crippen LogP contribution in [0.4, 0.5) is 11.4 Å². The summed E-state index contributed by atoms with van der Waals surface area (Å²) in [5.41, 5.74) is 4.68. The van der Waals surface area contributed by atoms with Gasteiger partial charge in [0.05, 0.1) is 5.54 Å². The molecule has 0 saturated heterocycles. The maximum absolute atomic E-state index is 12.5. The van der Waals surface area contributed by atoms with Crippen LogP contribution in [0.1, 0.15) is 70.4 Å². The number of carbonyl (C=O) groups excluding carboxylic acids is 2. The quantitative estimate of drug-likeness (QED) is 0.396. The Morgan fingerprint density at radius 2 is 1.64 bits per heavy atom. The van der Waals surface area contributed by atoms with Gasteiger partial charge in [0.25, 0.3) is 0 Å². The molecule has 2 heterocycles. The fourth-order valence-corrected chi connectivity index (χ4v) is 11.1. The van der Waals surface area contributed by atoms with Gasteiger partial charge in [0.2, 0.25) is 12.3 Å². The third kappa shape index (κ3) is 4.17. The van der Waals surface area contributed by atoms with E-state index in [4.69, 9.17) is 0 Å². The predicted octanol–water partition coefficient (Wildman–Crippen LogP) is 6.91. The van der Waals surface area contributed by atoms with E-state index in [9.17, 15) is 9.59 Å². The van der Waals surface area contributed by atoms with Crippen LogP contribution in [0.15, 0.2) is 60.7 Å². The molecular weight excluding hydrogens is 518 g/mol. The number of fused-ring (bicyclic) bond motifs is 9. The SMILES string of the molecule is CC([C@H]1CC[C@H]2[C@@H]3CC[C@H]4N(C)C(=O)C=C[C@]4(C)[C@H]3CC[C@]12C)C1(NC=O)Cc2cccc(c2)Nc2cccc(c2)C1. The van der Waals surface area contributed by atoms with Crippen molar-refractivity contribution in [1.29, 1.82) is 0 Å². The van der Waals surface area contributed by atoms with Gasteiger partial charge >= 0.3 is 0 Å². The summed E-state index contributed by atoms with van der Waals surface area (Å²) in [6.07, 6.45) is 14.0. The average molecular weight is 566 g/mol. The van der Waals surface area contributed by atoms with Crippen molar-refractivity contribution in [1.82, 2.24) is 10.2 Å². The summed E-state index contributed by atoms with van der Waals surface area (Å²) in [7, 11) is 2.01. The van der Waals surface area contributed by atoms with Gasteiger partial charge in [-0.2, -0.15) is 0 Å². The molecule has 0 aromatic heterocycles. The molecule has 42 heavy (non-hydrogen) atoms. The van der Waals surface area contributed by atoms with E-state index in [1.807, 2.05) is 18.0 Å². The lowest BCUT2D eigenvalue weighted by Crippen LogP contribution is -2.61. The number of hydrogen-bond acceptors (Lipinski definition) is 3. The number of nitrogens with one attached hydrogen (secondary N) is 2.